The second kappa shape index (κ2) is 10.8. The Hall–Kier alpha value is -4.13. The van der Waals surface area contributed by atoms with E-state index in [0.29, 0.717) is 22.7 Å². The van der Waals surface area contributed by atoms with Gasteiger partial charge < -0.3 is 14.9 Å². The van der Waals surface area contributed by atoms with Crippen molar-refractivity contribution in [2.24, 2.45) is 0 Å². The van der Waals surface area contributed by atoms with Crippen molar-refractivity contribution in [2.75, 3.05) is 26.4 Å². The Morgan fingerprint density at radius 1 is 0.875 bits per heavy atom. The van der Waals surface area contributed by atoms with E-state index in [1.54, 1.807) is 24.3 Å². The first-order valence-corrected chi connectivity index (χ1v) is 9.28. The predicted octanol–water partition coefficient (Wildman–Crippen LogP) is 0.710. The molecule has 0 saturated heterocycles. The maximum atomic E-state index is 12.1. The lowest BCUT2D eigenvalue weighted by atomic mass is 10.2. The summed E-state index contributed by atoms with van der Waals surface area (Å²) < 4.78 is 17.3. The first-order valence-electron chi connectivity index (χ1n) is 9.28. The molecule has 32 heavy (non-hydrogen) atoms. The van der Waals surface area contributed by atoms with Gasteiger partial charge in [0.25, 0.3) is 0 Å². The van der Waals surface area contributed by atoms with Crippen LogP contribution in [0.4, 0.5) is 4.39 Å². The Labute approximate surface area is 180 Å². The Morgan fingerprint density at radius 3 is 1.88 bits per heavy atom. The summed E-state index contributed by atoms with van der Waals surface area (Å²) in [4.78, 5) is 31.4. The van der Waals surface area contributed by atoms with E-state index in [1.807, 2.05) is 0 Å². The van der Waals surface area contributed by atoms with Gasteiger partial charge in [-0.3, -0.25) is 19.5 Å². The lowest BCUT2D eigenvalue weighted by Gasteiger charge is -2.17. The number of carboxylic acid groups (broad SMARTS) is 2. The maximum absolute atomic E-state index is 12.1. The van der Waals surface area contributed by atoms with Crippen molar-refractivity contribution < 1.29 is 28.9 Å². The van der Waals surface area contributed by atoms with Gasteiger partial charge in [-0.05, 0) is 23.8 Å². The summed E-state index contributed by atoms with van der Waals surface area (Å²) in [5, 5.41) is 33.8. The van der Waals surface area contributed by atoms with Crippen LogP contribution < -0.4 is 4.74 Å². The van der Waals surface area contributed by atoms with Crippen molar-refractivity contribution in [3.05, 3.63) is 42.2 Å². The third-order valence-electron chi connectivity index (χ3n) is 3.97. The van der Waals surface area contributed by atoms with Crippen LogP contribution in [0.2, 0.25) is 0 Å². The normalized spacial score (nSPS) is 10.8. The Kier molecular flexibility index (Phi) is 7.59. The van der Waals surface area contributed by atoms with Crippen LogP contribution in [0.15, 0.2) is 36.7 Å². The van der Waals surface area contributed by atoms with Gasteiger partial charge in [0, 0.05) is 12.7 Å². The van der Waals surface area contributed by atoms with Crippen LogP contribution in [-0.2, 0) is 16.1 Å². The molecule has 0 aromatic carbocycles. The summed E-state index contributed by atoms with van der Waals surface area (Å²) >= 11 is 0. The van der Waals surface area contributed by atoms with Gasteiger partial charge in [0.15, 0.2) is 0 Å². The molecule has 0 spiro atoms. The van der Waals surface area contributed by atoms with Crippen molar-refractivity contribution in [1.82, 2.24) is 35.3 Å². The van der Waals surface area contributed by atoms with E-state index in [1.165, 1.54) is 17.3 Å². The molecule has 0 atom stereocenters. The average molecular weight is 442 g/mol. The van der Waals surface area contributed by atoms with Gasteiger partial charge in [-0.25, -0.2) is 9.37 Å². The maximum Gasteiger partial charge on any atom is 0.317 e. The molecular weight excluding hydrogens is 424 g/mol. The van der Waals surface area contributed by atoms with Crippen molar-refractivity contribution >= 4 is 11.9 Å². The quantitative estimate of drug-likeness (QED) is 0.428. The number of hydrogen-bond donors (Lipinski definition) is 2. The highest BCUT2D eigenvalue weighted by molar-refractivity contribution is 5.72. The SMILES string of the molecule is O=C(O)CN(CC(=O)O)Cc1ccc(-c2nnc(-c3ccc(OCC[18F])cn3)nn2)nc1. The van der Waals surface area contributed by atoms with Crippen LogP contribution in [0, 0.1) is 0 Å². The molecule has 0 radical (unpaired) electrons. The van der Waals surface area contributed by atoms with Crippen LogP contribution >= 0.6 is 0 Å². The summed E-state index contributed by atoms with van der Waals surface area (Å²) in [6, 6.07) is 6.46. The fourth-order valence-electron chi connectivity index (χ4n) is 2.65. The number of aromatic nitrogens is 6. The Bertz CT molecular complexity index is 1030. The molecular formula is C19H18FN7O5. The Morgan fingerprint density at radius 2 is 1.44 bits per heavy atom. The van der Waals surface area contributed by atoms with Crippen LogP contribution in [0.5, 0.6) is 5.75 Å². The highest BCUT2D eigenvalue weighted by Crippen LogP contribution is 2.17. The third kappa shape index (κ3) is 6.43. The molecule has 3 aromatic heterocycles. The van der Waals surface area contributed by atoms with Gasteiger partial charge in [-0.15, -0.1) is 20.4 Å². The number of halogens is 1. The van der Waals surface area contributed by atoms with Crippen molar-refractivity contribution in [1.29, 1.82) is 0 Å². The topological polar surface area (TPSA) is 164 Å². The molecule has 12 nitrogen and oxygen atoms in total. The number of pyridine rings is 2. The zero-order valence-corrected chi connectivity index (χ0v) is 16.6. The minimum Gasteiger partial charge on any atom is -0.489 e. The number of nitrogens with zero attached hydrogens (tertiary/aromatic N) is 7. The molecule has 0 aliphatic heterocycles. The molecule has 2 N–H and O–H groups in total. The molecule has 13 heteroatoms. The third-order valence-corrected chi connectivity index (χ3v) is 3.97. The molecule has 0 aliphatic carbocycles. The van der Waals surface area contributed by atoms with Gasteiger partial charge >= 0.3 is 11.9 Å². The van der Waals surface area contributed by atoms with Crippen molar-refractivity contribution in [2.45, 2.75) is 6.54 Å². The minimum atomic E-state index is -1.13. The number of aliphatic carboxylic acids is 2. The molecule has 0 fully saturated rings. The highest BCUT2D eigenvalue weighted by Gasteiger charge is 2.15. The monoisotopic (exact) mass is 442 g/mol. The molecule has 3 rings (SSSR count). The van der Waals surface area contributed by atoms with E-state index in [2.05, 4.69) is 30.4 Å². The standard InChI is InChI=1S/C19H18FN7O5/c20-5-6-32-13-2-4-15(22-8-13)19-25-23-18(24-26-19)14-3-1-12(7-21-14)9-27(10-16(28)29)11-17(30)31/h1-4,7-8H,5-6,9-11H2,(H,28,29)(H,30,31)/i20-1. The fourth-order valence-corrected chi connectivity index (χ4v) is 2.65. The highest BCUT2D eigenvalue weighted by atomic mass is 18.2. The number of rotatable bonds is 11. The lowest BCUT2D eigenvalue weighted by Crippen LogP contribution is -2.34. The fraction of sp³-hybridized carbons (Fsp3) is 0.263. The molecule has 0 amide bonds. The van der Waals surface area contributed by atoms with E-state index >= 15 is 0 Å². The zero-order chi connectivity index (χ0) is 22.9. The summed E-state index contributed by atoms with van der Waals surface area (Å²) in [6.07, 6.45) is 2.89. The predicted molar refractivity (Wildman–Crippen MR) is 106 cm³/mol. The number of ether oxygens (including phenoxy) is 1. The van der Waals surface area contributed by atoms with Gasteiger partial charge in [-0.2, -0.15) is 0 Å². The first kappa shape index (κ1) is 22.6. The number of alkyl halides is 1. The van der Waals surface area contributed by atoms with Crippen LogP contribution in [0.25, 0.3) is 23.0 Å². The second-order valence-electron chi connectivity index (χ2n) is 6.45. The molecule has 0 unspecified atom stereocenters. The van der Waals surface area contributed by atoms with Crippen LogP contribution in [0.1, 0.15) is 5.56 Å². The minimum absolute atomic E-state index is 0.0573. The zero-order valence-electron chi connectivity index (χ0n) is 16.6. The summed E-state index contributed by atoms with van der Waals surface area (Å²) in [5.74, 6) is -1.49. The molecule has 0 bridgehead atoms. The number of carboxylic acids is 2. The first-order chi connectivity index (χ1) is 15.4. The number of carbonyl (C=O) groups is 2. The smallest absolute Gasteiger partial charge is 0.317 e. The van der Waals surface area contributed by atoms with Crippen molar-refractivity contribution in [3.8, 4) is 28.8 Å². The largest absolute Gasteiger partial charge is 0.489 e. The summed E-state index contributed by atoms with van der Waals surface area (Å²) in [5.41, 5.74) is 1.41. The summed E-state index contributed by atoms with van der Waals surface area (Å²) in [7, 11) is 0. The van der Waals surface area contributed by atoms with Crippen LogP contribution in [-0.4, -0.2) is 83.8 Å². The molecule has 3 aromatic rings. The Balaban J connectivity index is 1.67. The van der Waals surface area contributed by atoms with E-state index in [-0.39, 0.29) is 24.8 Å². The van der Waals surface area contributed by atoms with E-state index < -0.39 is 31.7 Å². The van der Waals surface area contributed by atoms with Crippen LogP contribution in [0.3, 0.4) is 0 Å². The van der Waals surface area contributed by atoms with Gasteiger partial charge in [0.2, 0.25) is 11.6 Å². The van der Waals surface area contributed by atoms with Crippen molar-refractivity contribution in [3.63, 3.8) is 0 Å². The van der Waals surface area contributed by atoms with E-state index in [4.69, 9.17) is 14.9 Å². The lowest BCUT2D eigenvalue weighted by molar-refractivity contribution is -0.142. The molecule has 0 aliphatic rings. The average Bonchev–Trinajstić information content (AvgIpc) is 2.78. The van der Waals surface area contributed by atoms with Gasteiger partial charge in [0.1, 0.15) is 30.4 Å². The second-order valence-corrected chi connectivity index (χ2v) is 6.45. The van der Waals surface area contributed by atoms with E-state index in [0.717, 1.165) is 0 Å². The molecule has 3 heterocycles. The van der Waals surface area contributed by atoms with Gasteiger partial charge in [0.05, 0.1) is 19.3 Å². The van der Waals surface area contributed by atoms with E-state index in [9.17, 15) is 14.0 Å². The molecule has 0 saturated carbocycles. The molecule has 166 valence electrons. The summed E-state index contributed by atoms with van der Waals surface area (Å²) in [6.45, 7) is -1.39. The number of hydrogen-bond acceptors (Lipinski definition) is 10. The van der Waals surface area contributed by atoms with Gasteiger partial charge in [-0.1, -0.05) is 6.07 Å².